The molecule has 0 atom stereocenters. The van der Waals surface area contributed by atoms with Crippen LogP contribution in [0.3, 0.4) is 0 Å². The van der Waals surface area contributed by atoms with E-state index in [0.29, 0.717) is 16.5 Å². The number of nitrogens with zero attached hydrogens (tertiary/aromatic N) is 1. The Morgan fingerprint density at radius 3 is 2.41 bits per heavy atom. The summed E-state index contributed by atoms with van der Waals surface area (Å²) in [7, 11) is 0. The van der Waals surface area contributed by atoms with Gasteiger partial charge < -0.3 is 9.73 Å². The molecule has 4 rings (SSSR count). The van der Waals surface area contributed by atoms with Crippen LogP contribution in [0.2, 0.25) is 5.02 Å². The molecule has 0 radical (unpaired) electrons. The van der Waals surface area contributed by atoms with Crippen LogP contribution in [0.1, 0.15) is 32.9 Å². The van der Waals surface area contributed by atoms with Gasteiger partial charge in [0.05, 0.1) is 5.69 Å². The summed E-state index contributed by atoms with van der Waals surface area (Å²) in [5, 5.41) is 3.56. The summed E-state index contributed by atoms with van der Waals surface area (Å²) >= 11 is 7.72. The molecule has 1 N–H and O–H groups in total. The smallest absolute Gasteiger partial charge is 0.255 e. The van der Waals surface area contributed by atoms with Crippen molar-refractivity contribution in [2.45, 2.75) is 31.4 Å². The van der Waals surface area contributed by atoms with Gasteiger partial charge in [0.15, 0.2) is 0 Å². The molecule has 0 bridgehead atoms. The van der Waals surface area contributed by atoms with Gasteiger partial charge in [-0.3, -0.25) is 4.79 Å². The number of carbonyl (C=O) groups excluding carboxylic acids is 1. The minimum atomic E-state index is -0.180. The number of oxazole rings is 1. The van der Waals surface area contributed by atoms with Gasteiger partial charge in [-0.15, -0.1) is 11.8 Å². The number of hydrogen-bond donors (Lipinski definition) is 1. The number of benzene rings is 3. The van der Waals surface area contributed by atoms with Gasteiger partial charge in [0.1, 0.15) is 5.76 Å². The molecule has 0 saturated heterocycles. The highest BCUT2D eigenvalue weighted by Crippen LogP contribution is 2.28. The monoisotopic (exact) mass is 462 g/mol. The molecular weight excluding hydrogens is 440 g/mol. The van der Waals surface area contributed by atoms with Crippen molar-refractivity contribution in [3.63, 3.8) is 0 Å². The maximum absolute atomic E-state index is 12.6. The number of hydrogen-bond acceptors (Lipinski definition) is 4. The first-order valence-corrected chi connectivity index (χ1v) is 11.6. The van der Waals surface area contributed by atoms with Gasteiger partial charge in [-0.25, -0.2) is 4.98 Å². The molecule has 0 aliphatic carbocycles. The molecule has 0 saturated carbocycles. The molecular formula is C26H23ClN2O2S. The SMILES string of the molecule is Cc1ccc(SCc2nc(-c3ccc(C(=O)Nc4ccc(Cl)cc4C)cc3)oc2C)cc1. The summed E-state index contributed by atoms with van der Waals surface area (Å²) in [5.41, 5.74) is 5.21. The lowest BCUT2D eigenvalue weighted by atomic mass is 10.1. The Hall–Kier alpha value is -3.02. The van der Waals surface area contributed by atoms with Crippen LogP contribution in [0, 0.1) is 20.8 Å². The topological polar surface area (TPSA) is 55.1 Å². The van der Waals surface area contributed by atoms with Crippen LogP contribution in [0.5, 0.6) is 0 Å². The fourth-order valence-corrected chi connectivity index (χ4v) is 4.32. The van der Waals surface area contributed by atoms with Gasteiger partial charge in [-0.2, -0.15) is 0 Å². The van der Waals surface area contributed by atoms with Crippen LogP contribution in [0.15, 0.2) is 76.0 Å². The van der Waals surface area contributed by atoms with Gasteiger partial charge in [0.25, 0.3) is 5.91 Å². The van der Waals surface area contributed by atoms with E-state index >= 15 is 0 Å². The van der Waals surface area contributed by atoms with Crippen molar-refractivity contribution in [1.29, 1.82) is 0 Å². The van der Waals surface area contributed by atoms with Gasteiger partial charge in [0, 0.05) is 32.5 Å². The average molecular weight is 463 g/mol. The quantitative estimate of drug-likeness (QED) is 0.302. The molecule has 32 heavy (non-hydrogen) atoms. The Balaban J connectivity index is 1.44. The van der Waals surface area contributed by atoms with E-state index in [0.717, 1.165) is 34.0 Å². The van der Waals surface area contributed by atoms with Crippen molar-refractivity contribution in [2.75, 3.05) is 5.32 Å². The van der Waals surface area contributed by atoms with Crippen molar-refractivity contribution in [3.05, 3.63) is 99.9 Å². The second kappa shape index (κ2) is 9.63. The van der Waals surface area contributed by atoms with E-state index in [2.05, 4.69) is 41.5 Å². The lowest BCUT2D eigenvalue weighted by molar-refractivity contribution is 0.102. The van der Waals surface area contributed by atoms with Gasteiger partial charge in [-0.05, 0) is 80.9 Å². The number of aromatic nitrogens is 1. The fraction of sp³-hybridized carbons (Fsp3) is 0.154. The highest BCUT2D eigenvalue weighted by Gasteiger charge is 2.14. The number of halogens is 1. The molecule has 1 heterocycles. The predicted octanol–water partition coefficient (Wildman–Crippen LogP) is 7.46. The van der Waals surface area contributed by atoms with Gasteiger partial charge in [-0.1, -0.05) is 29.3 Å². The third kappa shape index (κ3) is 5.23. The van der Waals surface area contributed by atoms with E-state index in [-0.39, 0.29) is 5.91 Å². The lowest BCUT2D eigenvalue weighted by Gasteiger charge is -2.09. The van der Waals surface area contributed by atoms with Crippen molar-refractivity contribution in [3.8, 4) is 11.5 Å². The van der Waals surface area contributed by atoms with Crippen molar-refractivity contribution < 1.29 is 9.21 Å². The van der Waals surface area contributed by atoms with Crippen molar-refractivity contribution in [2.24, 2.45) is 0 Å². The summed E-state index contributed by atoms with van der Waals surface area (Å²) < 4.78 is 5.89. The number of thioether (sulfide) groups is 1. The Morgan fingerprint density at radius 2 is 1.72 bits per heavy atom. The van der Waals surface area contributed by atoms with Crippen molar-refractivity contribution >= 4 is 35.0 Å². The van der Waals surface area contributed by atoms with E-state index in [1.807, 2.05) is 32.0 Å². The second-order valence-corrected chi connectivity index (χ2v) is 9.10. The zero-order valence-electron chi connectivity index (χ0n) is 18.1. The van der Waals surface area contributed by atoms with Crippen LogP contribution in [-0.2, 0) is 5.75 Å². The third-order valence-electron chi connectivity index (χ3n) is 5.12. The molecule has 0 aliphatic heterocycles. The molecule has 0 fully saturated rings. The molecule has 1 amide bonds. The number of nitrogens with one attached hydrogen (secondary N) is 1. The molecule has 4 aromatic rings. The van der Waals surface area contributed by atoms with Crippen LogP contribution < -0.4 is 5.32 Å². The summed E-state index contributed by atoms with van der Waals surface area (Å²) in [6, 6.07) is 21.1. The van der Waals surface area contributed by atoms with E-state index < -0.39 is 0 Å². The van der Waals surface area contributed by atoms with Crippen LogP contribution in [0.4, 0.5) is 5.69 Å². The molecule has 0 aliphatic rings. The molecule has 162 valence electrons. The Labute approximate surface area is 197 Å². The maximum Gasteiger partial charge on any atom is 0.255 e. The van der Waals surface area contributed by atoms with Gasteiger partial charge in [0.2, 0.25) is 5.89 Å². The number of anilines is 1. The van der Waals surface area contributed by atoms with Gasteiger partial charge >= 0.3 is 0 Å². The van der Waals surface area contributed by atoms with E-state index in [1.165, 1.54) is 10.5 Å². The summed E-state index contributed by atoms with van der Waals surface area (Å²) in [4.78, 5) is 18.5. The summed E-state index contributed by atoms with van der Waals surface area (Å²) in [5.74, 6) is 1.92. The molecule has 0 unspecified atom stereocenters. The third-order valence-corrected chi connectivity index (χ3v) is 6.38. The van der Waals surface area contributed by atoms with Crippen molar-refractivity contribution in [1.82, 2.24) is 4.98 Å². The minimum absolute atomic E-state index is 0.180. The zero-order chi connectivity index (χ0) is 22.7. The number of rotatable bonds is 6. The summed E-state index contributed by atoms with van der Waals surface area (Å²) in [6.07, 6.45) is 0. The standard InChI is InChI=1S/C26H23ClN2O2S/c1-16-4-11-22(12-5-16)32-15-24-18(3)31-26(29-24)20-8-6-19(7-9-20)25(30)28-23-13-10-21(27)14-17(23)2/h4-14H,15H2,1-3H3,(H,28,30). The van der Waals surface area contributed by atoms with Crippen LogP contribution >= 0.6 is 23.4 Å². The predicted molar refractivity (Wildman–Crippen MR) is 132 cm³/mol. The minimum Gasteiger partial charge on any atom is -0.441 e. The first-order chi connectivity index (χ1) is 15.4. The Kier molecular flexibility index (Phi) is 6.68. The fourth-order valence-electron chi connectivity index (χ4n) is 3.20. The Morgan fingerprint density at radius 1 is 1.00 bits per heavy atom. The molecule has 1 aromatic heterocycles. The van der Waals surface area contributed by atoms with E-state index in [1.54, 1.807) is 36.0 Å². The first kappa shape index (κ1) is 22.2. The second-order valence-electron chi connectivity index (χ2n) is 7.61. The molecule has 4 nitrogen and oxygen atoms in total. The number of aryl methyl sites for hydroxylation is 3. The first-order valence-electron chi connectivity index (χ1n) is 10.2. The lowest BCUT2D eigenvalue weighted by Crippen LogP contribution is -2.12. The normalized spacial score (nSPS) is 10.9. The molecule has 3 aromatic carbocycles. The number of amides is 1. The molecule has 6 heteroatoms. The zero-order valence-corrected chi connectivity index (χ0v) is 19.7. The highest BCUT2D eigenvalue weighted by atomic mass is 35.5. The molecule has 0 spiro atoms. The highest BCUT2D eigenvalue weighted by molar-refractivity contribution is 7.98. The Bertz CT molecular complexity index is 1250. The van der Waals surface area contributed by atoms with E-state index in [4.69, 9.17) is 16.0 Å². The average Bonchev–Trinajstić information content (AvgIpc) is 3.16. The maximum atomic E-state index is 12.6. The summed E-state index contributed by atoms with van der Waals surface area (Å²) in [6.45, 7) is 5.91. The number of carbonyl (C=O) groups is 1. The van der Waals surface area contributed by atoms with Crippen LogP contribution in [-0.4, -0.2) is 10.9 Å². The van der Waals surface area contributed by atoms with E-state index in [9.17, 15) is 4.79 Å². The van der Waals surface area contributed by atoms with Crippen LogP contribution in [0.25, 0.3) is 11.5 Å². The largest absolute Gasteiger partial charge is 0.441 e.